The summed E-state index contributed by atoms with van der Waals surface area (Å²) >= 11 is 0. The summed E-state index contributed by atoms with van der Waals surface area (Å²) in [6, 6.07) is 8.71. The molecule has 34 heavy (non-hydrogen) atoms. The molecular weight excluding hydrogens is 447 g/mol. The molecule has 0 aromatic heterocycles. The molecule has 0 spiro atoms. The molecule has 8 heteroatoms. The number of aryl methyl sites for hydroxylation is 1. The number of benzene rings is 2. The average Bonchev–Trinajstić information content (AvgIpc) is 3.53. The summed E-state index contributed by atoms with van der Waals surface area (Å²) in [5.41, 5.74) is 4.10. The van der Waals surface area contributed by atoms with Crippen molar-refractivity contribution < 1.29 is 32.6 Å². The van der Waals surface area contributed by atoms with Crippen molar-refractivity contribution in [2.75, 3.05) is 18.1 Å². The van der Waals surface area contributed by atoms with Gasteiger partial charge >= 0.3 is 12.1 Å². The molecule has 2 aromatic rings. The van der Waals surface area contributed by atoms with Gasteiger partial charge in [0.2, 0.25) is 5.91 Å². The first-order chi connectivity index (χ1) is 15.8. The lowest BCUT2D eigenvalue weighted by atomic mass is 9.75. The van der Waals surface area contributed by atoms with Crippen molar-refractivity contribution in [3.05, 3.63) is 47.0 Å². The Morgan fingerprint density at radius 3 is 2.50 bits per heavy atom. The molecule has 1 N–H and O–H groups in total. The Bertz CT molecular complexity index is 1160. The normalized spacial score (nSPS) is 21.3. The number of fused-ring (bicyclic) bond motifs is 1. The number of carbonyl (C=O) groups is 2. The Morgan fingerprint density at radius 2 is 1.91 bits per heavy atom. The van der Waals surface area contributed by atoms with Gasteiger partial charge in [0.25, 0.3) is 0 Å². The van der Waals surface area contributed by atoms with Crippen LogP contribution in [0.5, 0.6) is 5.75 Å². The monoisotopic (exact) mass is 475 g/mol. The molecule has 182 valence electrons. The minimum Gasteiger partial charge on any atom is -0.483 e. The molecule has 2 atom stereocenters. The van der Waals surface area contributed by atoms with Crippen LogP contribution in [0.2, 0.25) is 0 Å². The summed E-state index contributed by atoms with van der Waals surface area (Å²) in [5, 5.41) is 9.32. The number of rotatable bonds is 6. The van der Waals surface area contributed by atoms with Crippen molar-refractivity contribution in [1.82, 2.24) is 0 Å². The third-order valence-electron chi connectivity index (χ3n) is 6.79. The molecule has 1 aliphatic carbocycles. The maximum absolute atomic E-state index is 12.9. The van der Waals surface area contributed by atoms with Crippen molar-refractivity contribution in [2.45, 2.75) is 58.0 Å². The van der Waals surface area contributed by atoms with Crippen LogP contribution < -0.4 is 9.64 Å². The number of halogens is 3. The number of amides is 1. The van der Waals surface area contributed by atoms with Crippen LogP contribution in [0.3, 0.4) is 0 Å². The first kappa shape index (κ1) is 24.1. The smallest absolute Gasteiger partial charge is 0.422 e. The Hall–Kier alpha value is -3.03. The number of hydrogen-bond acceptors (Lipinski definition) is 3. The topological polar surface area (TPSA) is 66.8 Å². The molecule has 0 saturated heterocycles. The zero-order valence-corrected chi connectivity index (χ0v) is 19.6. The van der Waals surface area contributed by atoms with Crippen LogP contribution in [0.4, 0.5) is 18.9 Å². The Balaban J connectivity index is 1.85. The Morgan fingerprint density at radius 1 is 1.21 bits per heavy atom. The van der Waals surface area contributed by atoms with Gasteiger partial charge in [-0.05, 0) is 66.6 Å². The van der Waals surface area contributed by atoms with Gasteiger partial charge in [0.1, 0.15) is 5.75 Å². The number of carbonyl (C=O) groups excluding carboxylic acids is 1. The average molecular weight is 476 g/mol. The Kier molecular flexibility index (Phi) is 5.90. The van der Waals surface area contributed by atoms with E-state index in [-0.39, 0.29) is 23.0 Å². The van der Waals surface area contributed by atoms with Crippen molar-refractivity contribution in [2.24, 2.45) is 5.92 Å². The number of nitrogens with zero attached hydrogens (tertiary/aromatic N) is 1. The molecule has 5 nitrogen and oxygen atoms in total. The van der Waals surface area contributed by atoms with Gasteiger partial charge in [0.05, 0.1) is 5.92 Å². The molecule has 2 aromatic carbocycles. The molecule has 1 amide bonds. The van der Waals surface area contributed by atoms with E-state index in [9.17, 15) is 27.9 Å². The fourth-order valence-electron chi connectivity index (χ4n) is 4.91. The molecular formula is C26H28F3NO4. The predicted molar refractivity (Wildman–Crippen MR) is 122 cm³/mol. The van der Waals surface area contributed by atoms with Gasteiger partial charge in [-0.1, -0.05) is 26.0 Å². The van der Waals surface area contributed by atoms with E-state index in [1.807, 2.05) is 39.8 Å². The highest BCUT2D eigenvalue weighted by molar-refractivity contribution is 5.99. The number of ether oxygens (including phenoxy) is 1. The summed E-state index contributed by atoms with van der Waals surface area (Å²) in [4.78, 5) is 25.9. The van der Waals surface area contributed by atoms with Gasteiger partial charge in [0, 0.05) is 29.6 Å². The van der Waals surface area contributed by atoms with Crippen molar-refractivity contribution in [3.8, 4) is 16.9 Å². The van der Waals surface area contributed by atoms with E-state index in [4.69, 9.17) is 4.74 Å². The van der Waals surface area contributed by atoms with Crippen molar-refractivity contribution >= 4 is 17.6 Å². The second kappa shape index (κ2) is 8.32. The van der Waals surface area contributed by atoms with E-state index in [0.29, 0.717) is 30.5 Å². The van der Waals surface area contributed by atoms with E-state index < -0.39 is 24.7 Å². The summed E-state index contributed by atoms with van der Waals surface area (Å²) in [5.74, 6) is -1.49. The minimum absolute atomic E-state index is 0.000575. The highest BCUT2D eigenvalue weighted by Crippen LogP contribution is 2.50. The lowest BCUT2D eigenvalue weighted by molar-refractivity contribution is -0.153. The highest BCUT2D eigenvalue weighted by Gasteiger charge is 2.44. The number of carboxylic acids is 1. The SMILES string of the molecule is CCN1C(=O)CC(C)(C)c2cc(C)c(-c3cc(C4C[C@H]4C(=O)O)ccc3OCC(F)(F)F)cc21. The van der Waals surface area contributed by atoms with Gasteiger partial charge in [-0.3, -0.25) is 9.59 Å². The van der Waals surface area contributed by atoms with E-state index >= 15 is 0 Å². The molecule has 0 radical (unpaired) electrons. The van der Waals surface area contributed by atoms with Gasteiger partial charge in [-0.25, -0.2) is 0 Å². The summed E-state index contributed by atoms with van der Waals surface area (Å²) in [7, 11) is 0. The summed E-state index contributed by atoms with van der Waals surface area (Å²) in [6.07, 6.45) is -3.63. The van der Waals surface area contributed by atoms with Gasteiger partial charge in [-0.15, -0.1) is 0 Å². The lowest BCUT2D eigenvalue weighted by Gasteiger charge is -2.39. The fourth-order valence-corrected chi connectivity index (χ4v) is 4.91. The maximum atomic E-state index is 12.9. The molecule has 1 unspecified atom stereocenters. The number of anilines is 1. The standard InChI is InChI=1S/C26H28F3NO4/c1-5-30-21-11-16(14(2)8-20(21)25(3,4)12-23(30)31)18-9-15(17-10-19(17)24(32)33)6-7-22(18)34-13-26(27,28)29/h6-9,11,17,19H,5,10,12-13H2,1-4H3,(H,32,33)/t17?,19-/m1/s1. The van der Waals surface area contributed by atoms with E-state index in [0.717, 1.165) is 22.4 Å². The Labute approximate surface area is 196 Å². The van der Waals surface area contributed by atoms with Crippen LogP contribution in [0.15, 0.2) is 30.3 Å². The molecule has 4 rings (SSSR count). The van der Waals surface area contributed by atoms with E-state index in [2.05, 4.69) is 0 Å². The largest absolute Gasteiger partial charge is 0.483 e. The van der Waals surface area contributed by atoms with Gasteiger partial charge in [-0.2, -0.15) is 13.2 Å². The first-order valence-corrected chi connectivity index (χ1v) is 11.3. The van der Waals surface area contributed by atoms with Crippen LogP contribution in [-0.2, 0) is 15.0 Å². The second-order valence-electron chi connectivity index (χ2n) is 9.83. The number of aliphatic carboxylic acids is 1. The summed E-state index contributed by atoms with van der Waals surface area (Å²) in [6.45, 7) is 6.83. The number of hydrogen-bond donors (Lipinski definition) is 1. The summed E-state index contributed by atoms with van der Waals surface area (Å²) < 4.78 is 44.0. The molecule has 1 aliphatic heterocycles. The predicted octanol–water partition coefficient (Wildman–Crippen LogP) is 5.83. The fraction of sp³-hybridized carbons (Fsp3) is 0.462. The third kappa shape index (κ3) is 4.50. The molecule has 1 saturated carbocycles. The van der Waals surface area contributed by atoms with Crippen LogP contribution in [-0.4, -0.2) is 36.3 Å². The molecule has 2 aliphatic rings. The third-order valence-corrected chi connectivity index (χ3v) is 6.79. The maximum Gasteiger partial charge on any atom is 0.422 e. The first-order valence-electron chi connectivity index (χ1n) is 11.3. The van der Waals surface area contributed by atoms with Crippen LogP contribution in [0, 0.1) is 12.8 Å². The molecule has 1 heterocycles. The van der Waals surface area contributed by atoms with Crippen LogP contribution >= 0.6 is 0 Å². The van der Waals surface area contributed by atoms with Crippen molar-refractivity contribution in [3.63, 3.8) is 0 Å². The van der Waals surface area contributed by atoms with E-state index in [1.165, 1.54) is 6.07 Å². The second-order valence-corrected chi connectivity index (χ2v) is 9.83. The zero-order chi connectivity index (χ0) is 25.0. The quantitative estimate of drug-likeness (QED) is 0.571. The zero-order valence-electron chi connectivity index (χ0n) is 19.6. The lowest BCUT2D eigenvalue weighted by Crippen LogP contribution is -2.41. The number of alkyl halides is 3. The van der Waals surface area contributed by atoms with Crippen LogP contribution in [0.1, 0.15) is 56.2 Å². The molecule has 1 fully saturated rings. The minimum atomic E-state index is -4.50. The van der Waals surface area contributed by atoms with Gasteiger partial charge < -0.3 is 14.7 Å². The van der Waals surface area contributed by atoms with Crippen molar-refractivity contribution in [1.29, 1.82) is 0 Å². The van der Waals surface area contributed by atoms with E-state index in [1.54, 1.807) is 17.0 Å². The molecule has 0 bridgehead atoms. The van der Waals surface area contributed by atoms with Gasteiger partial charge in [0.15, 0.2) is 6.61 Å². The van der Waals surface area contributed by atoms with Crippen LogP contribution in [0.25, 0.3) is 11.1 Å². The number of carboxylic acid groups (broad SMARTS) is 1. The highest BCUT2D eigenvalue weighted by atomic mass is 19.4.